The average Bonchev–Trinajstić information content (AvgIpc) is 2.37. The van der Waals surface area contributed by atoms with Crippen LogP contribution in [-0.2, 0) is 0 Å². The Morgan fingerprint density at radius 2 is 1.89 bits per heavy atom. The van der Waals surface area contributed by atoms with Crippen molar-refractivity contribution in [1.82, 2.24) is 0 Å². The summed E-state index contributed by atoms with van der Waals surface area (Å²) >= 11 is 0. The van der Waals surface area contributed by atoms with Crippen molar-refractivity contribution in [3.8, 4) is 0 Å². The van der Waals surface area contributed by atoms with Crippen LogP contribution in [0.25, 0.3) is 0 Å². The summed E-state index contributed by atoms with van der Waals surface area (Å²) in [6, 6.07) is 0. The predicted octanol–water partition coefficient (Wildman–Crippen LogP) is 5.21. The van der Waals surface area contributed by atoms with E-state index in [2.05, 4.69) is 20.1 Å². The van der Waals surface area contributed by atoms with E-state index in [4.69, 9.17) is 5.11 Å². The zero-order chi connectivity index (χ0) is 13.7. The monoisotopic (exact) mass is 252 g/mol. The molecule has 1 rings (SSSR count). The lowest BCUT2D eigenvalue weighted by atomic mass is 9.91. The van der Waals surface area contributed by atoms with E-state index in [0.29, 0.717) is 12.0 Å². The fraction of sp³-hybridized carbons (Fsp3) is 0.333. The van der Waals surface area contributed by atoms with Crippen molar-refractivity contribution >= 4 is 0 Å². The Hall–Kier alpha value is -1.64. The lowest BCUT2D eigenvalue weighted by molar-refractivity contribution is 0.381. The van der Waals surface area contributed by atoms with Crippen LogP contribution in [0.3, 0.4) is 0 Å². The van der Waals surface area contributed by atoms with Crippen molar-refractivity contribution in [2.24, 2.45) is 0 Å². The minimum atomic E-state index is -1.34. The van der Waals surface area contributed by atoms with Gasteiger partial charge in [0.1, 0.15) is 5.76 Å². The number of halogens is 2. The summed E-state index contributed by atoms with van der Waals surface area (Å²) in [6.07, 6.45) is 7.28. The highest BCUT2D eigenvalue weighted by atomic mass is 19.2. The van der Waals surface area contributed by atoms with Gasteiger partial charge >= 0.3 is 0 Å². The molecule has 0 fully saturated rings. The maximum Gasteiger partial charge on any atom is 0.200 e. The molecule has 0 unspecified atom stereocenters. The van der Waals surface area contributed by atoms with E-state index >= 15 is 0 Å². The number of aliphatic hydroxyl groups is 1. The second-order valence-corrected chi connectivity index (χ2v) is 4.32. The second kappa shape index (κ2) is 6.34. The quantitative estimate of drug-likeness (QED) is 0.526. The van der Waals surface area contributed by atoms with Gasteiger partial charge in [-0.15, -0.1) is 0 Å². The molecule has 0 amide bonds. The number of rotatable bonds is 5. The van der Waals surface area contributed by atoms with Gasteiger partial charge in [0.05, 0.1) is 0 Å². The summed E-state index contributed by atoms with van der Waals surface area (Å²) in [7, 11) is 0. The Balaban J connectivity index is 2.88. The van der Waals surface area contributed by atoms with Crippen molar-refractivity contribution in [2.45, 2.75) is 32.6 Å². The van der Waals surface area contributed by atoms with Crippen LogP contribution >= 0.6 is 0 Å². The third-order valence-corrected chi connectivity index (χ3v) is 2.91. The van der Waals surface area contributed by atoms with Crippen LogP contribution in [0, 0.1) is 0 Å². The summed E-state index contributed by atoms with van der Waals surface area (Å²) in [5, 5.41) is 8.81. The van der Waals surface area contributed by atoms with Crippen molar-refractivity contribution in [3.63, 3.8) is 0 Å². The van der Waals surface area contributed by atoms with Gasteiger partial charge in [0, 0.05) is 5.57 Å². The van der Waals surface area contributed by atoms with E-state index in [1.165, 1.54) is 5.57 Å². The molecule has 0 bridgehead atoms. The van der Waals surface area contributed by atoms with Gasteiger partial charge in [-0.2, -0.15) is 4.39 Å². The van der Waals surface area contributed by atoms with E-state index in [0.717, 1.165) is 19.3 Å². The summed E-state index contributed by atoms with van der Waals surface area (Å²) in [5.74, 6) is -3.39. The molecule has 0 aromatic carbocycles. The van der Waals surface area contributed by atoms with E-state index in [1.807, 2.05) is 6.08 Å². The molecule has 3 heteroatoms. The zero-order valence-electron chi connectivity index (χ0n) is 10.6. The number of hydrogen-bond acceptors (Lipinski definition) is 1. The molecule has 0 radical (unpaired) electrons. The average molecular weight is 252 g/mol. The van der Waals surface area contributed by atoms with Crippen molar-refractivity contribution in [2.75, 3.05) is 0 Å². The summed E-state index contributed by atoms with van der Waals surface area (Å²) < 4.78 is 26.8. The van der Waals surface area contributed by atoms with Gasteiger partial charge in [-0.05, 0) is 24.8 Å². The predicted molar refractivity (Wildman–Crippen MR) is 70.5 cm³/mol. The second-order valence-electron chi connectivity index (χ2n) is 4.32. The third-order valence-electron chi connectivity index (χ3n) is 2.91. The number of hydrogen-bond donors (Lipinski definition) is 1. The van der Waals surface area contributed by atoms with Gasteiger partial charge in [0.15, 0.2) is 11.7 Å². The topological polar surface area (TPSA) is 20.2 Å². The van der Waals surface area contributed by atoms with Gasteiger partial charge in [0.25, 0.3) is 0 Å². The third kappa shape index (κ3) is 3.42. The molecule has 1 N–H and O–H groups in total. The van der Waals surface area contributed by atoms with E-state index in [9.17, 15) is 8.78 Å². The maximum absolute atomic E-state index is 13.6. The van der Waals surface area contributed by atoms with Gasteiger partial charge in [0.2, 0.25) is 0 Å². The van der Waals surface area contributed by atoms with Gasteiger partial charge in [-0.25, -0.2) is 4.39 Å². The SMILES string of the molecule is C=C(O)/C(F)=C(/F)C(=C)C1=CC=C(CCC)CC1. The van der Waals surface area contributed by atoms with E-state index < -0.39 is 17.4 Å². The molecule has 1 nitrogen and oxygen atoms in total. The van der Waals surface area contributed by atoms with Crippen LogP contribution in [0.15, 0.2) is 59.4 Å². The summed E-state index contributed by atoms with van der Waals surface area (Å²) in [4.78, 5) is 0. The van der Waals surface area contributed by atoms with Crippen LogP contribution in [0.4, 0.5) is 8.78 Å². The highest BCUT2D eigenvalue weighted by Crippen LogP contribution is 2.31. The maximum atomic E-state index is 13.6. The lowest BCUT2D eigenvalue weighted by Crippen LogP contribution is -1.98. The first-order chi connectivity index (χ1) is 8.47. The van der Waals surface area contributed by atoms with Crippen molar-refractivity contribution in [3.05, 3.63) is 59.4 Å². The molecule has 1 aliphatic carbocycles. The molecule has 0 saturated heterocycles. The highest BCUT2D eigenvalue weighted by Gasteiger charge is 2.17. The van der Waals surface area contributed by atoms with Crippen molar-refractivity contribution in [1.29, 1.82) is 0 Å². The van der Waals surface area contributed by atoms with E-state index in [1.54, 1.807) is 6.08 Å². The first-order valence-corrected chi connectivity index (χ1v) is 5.99. The molecular formula is C15H18F2O. The molecule has 18 heavy (non-hydrogen) atoms. The standard InChI is InChI=1S/C15H18F2O/c1-4-5-12-6-8-13(9-7-12)10(2)14(16)15(17)11(3)18/h6,8,18H,2-5,7,9H2,1H3/b15-14-. The van der Waals surface area contributed by atoms with Crippen LogP contribution in [0.5, 0.6) is 0 Å². The fourth-order valence-corrected chi connectivity index (χ4v) is 1.86. The number of aliphatic hydroxyl groups excluding tert-OH is 1. The first kappa shape index (κ1) is 14.4. The molecule has 0 aromatic rings. The largest absolute Gasteiger partial charge is 0.505 e. The minimum Gasteiger partial charge on any atom is -0.505 e. The van der Waals surface area contributed by atoms with Gasteiger partial charge in [-0.3, -0.25) is 0 Å². The van der Waals surface area contributed by atoms with Crippen LogP contribution in [-0.4, -0.2) is 5.11 Å². The van der Waals surface area contributed by atoms with Gasteiger partial charge < -0.3 is 5.11 Å². The van der Waals surface area contributed by atoms with E-state index in [-0.39, 0.29) is 5.57 Å². The normalized spacial score (nSPS) is 16.6. The zero-order valence-corrected chi connectivity index (χ0v) is 10.6. The molecule has 0 atom stereocenters. The molecule has 0 spiro atoms. The van der Waals surface area contributed by atoms with Crippen LogP contribution < -0.4 is 0 Å². The first-order valence-electron chi connectivity index (χ1n) is 5.99. The molecular weight excluding hydrogens is 234 g/mol. The Morgan fingerprint density at radius 3 is 2.33 bits per heavy atom. The van der Waals surface area contributed by atoms with Gasteiger partial charge in [-0.1, -0.05) is 44.2 Å². The van der Waals surface area contributed by atoms with Crippen molar-refractivity contribution < 1.29 is 13.9 Å². The lowest BCUT2D eigenvalue weighted by Gasteiger charge is -2.15. The molecule has 98 valence electrons. The molecule has 0 aromatic heterocycles. The fourth-order valence-electron chi connectivity index (χ4n) is 1.86. The highest BCUT2D eigenvalue weighted by molar-refractivity contribution is 5.47. The molecule has 0 aliphatic heterocycles. The summed E-state index contributed by atoms with van der Waals surface area (Å²) in [5.41, 5.74) is 1.95. The molecule has 1 aliphatic rings. The Bertz CT molecular complexity index is 453. The Labute approximate surface area is 107 Å². The molecule has 0 saturated carbocycles. The smallest absolute Gasteiger partial charge is 0.200 e. The number of allylic oxidation sites excluding steroid dienone is 7. The van der Waals surface area contributed by atoms with Crippen LogP contribution in [0.2, 0.25) is 0 Å². The summed E-state index contributed by atoms with van der Waals surface area (Å²) in [6.45, 7) is 8.58. The Kier molecular flexibility index (Phi) is 5.08. The van der Waals surface area contributed by atoms with Crippen LogP contribution in [0.1, 0.15) is 32.6 Å². The Morgan fingerprint density at radius 1 is 1.22 bits per heavy atom. The minimum absolute atomic E-state index is 0.0190. The molecule has 0 heterocycles.